The summed E-state index contributed by atoms with van der Waals surface area (Å²) >= 11 is 0. The molecule has 3 rings (SSSR count). The van der Waals surface area contributed by atoms with Crippen LogP contribution >= 0.6 is 0 Å². The Kier molecular flexibility index (Phi) is 3.07. The molecule has 0 radical (unpaired) electrons. The van der Waals surface area contributed by atoms with Crippen molar-refractivity contribution in [3.8, 4) is 16.9 Å². The number of hydrogen-bond acceptors (Lipinski definition) is 4. The van der Waals surface area contributed by atoms with Crippen LogP contribution in [0.5, 0.6) is 0 Å². The van der Waals surface area contributed by atoms with Crippen LogP contribution in [0.3, 0.4) is 0 Å². The molecule has 21 heavy (non-hydrogen) atoms. The number of aromatic nitrogens is 4. The van der Waals surface area contributed by atoms with Crippen molar-refractivity contribution in [2.24, 2.45) is 0 Å². The molecule has 0 aliphatic heterocycles. The minimum absolute atomic E-state index is 0.0597. The molecular weight excluding hydrogens is 272 g/mol. The third kappa shape index (κ3) is 2.32. The predicted octanol–water partition coefficient (Wildman–Crippen LogP) is 1.32. The Balaban J connectivity index is 2.10. The maximum absolute atomic E-state index is 12.4. The van der Waals surface area contributed by atoms with Gasteiger partial charge < -0.3 is 5.11 Å². The van der Waals surface area contributed by atoms with Crippen LogP contribution in [0.1, 0.15) is 10.4 Å². The molecule has 0 bridgehead atoms. The minimum Gasteiger partial charge on any atom is -0.478 e. The van der Waals surface area contributed by atoms with E-state index in [-0.39, 0.29) is 16.9 Å². The molecule has 2 N–H and O–H groups in total. The van der Waals surface area contributed by atoms with Gasteiger partial charge in [-0.2, -0.15) is 0 Å². The zero-order chi connectivity index (χ0) is 14.8. The Bertz CT molecular complexity index is 852. The minimum atomic E-state index is -1.08. The highest BCUT2D eigenvalue weighted by Crippen LogP contribution is 2.13. The van der Waals surface area contributed by atoms with E-state index in [1.165, 1.54) is 29.2 Å². The second kappa shape index (κ2) is 5.04. The molecule has 0 aliphatic carbocycles. The summed E-state index contributed by atoms with van der Waals surface area (Å²) in [6.07, 6.45) is 6.08. The van der Waals surface area contributed by atoms with Gasteiger partial charge in [0.15, 0.2) is 5.82 Å². The Morgan fingerprint density at radius 1 is 1.29 bits per heavy atom. The fraction of sp³-hybridized carbons (Fsp3) is 0. The monoisotopic (exact) mass is 282 g/mol. The van der Waals surface area contributed by atoms with Crippen LogP contribution in [0.25, 0.3) is 16.9 Å². The summed E-state index contributed by atoms with van der Waals surface area (Å²) in [5.74, 6) is -0.860. The first-order valence-corrected chi connectivity index (χ1v) is 6.07. The average molecular weight is 282 g/mol. The van der Waals surface area contributed by atoms with Crippen LogP contribution in [0.4, 0.5) is 0 Å². The largest absolute Gasteiger partial charge is 0.478 e. The van der Waals surface area contributed by atoms with E-state index in [9.17, 15) is 9.59 Å². The number of rotatable bonds is 3. The summed E-state index contributed by atoms with van der Waals surface area (Å²) in [7, 11) is 0. The topological polar surface area (TPSA) is 101 Å². The van der Waals surface area contributed by atoms with Crippen molar-refractivity contribution in [2.75, 3.05) is 0 Å². The van der Waals surface area contributed by atoms with E-state index in [0.29, 0.717) is 11.1 Å². The Labute approximate surface area is 118 Å². The van der Waals surface area contributed by atoms with Gasteiger partial charge in [0.05, 0.1) is 11.1 Å². The molecule has 0 aliphatic rings. The van der Waals surface area contributed by atoms with Crippen LogP contribution in [-0.4, -0.2) is 30.8 Å². The molecule has 7 nitrogen and oxygen atoms in total. The van der Waals surface area contributed by atoms with Gasteiger partial charge in [-0.15, -0.1) is 0 Å². The van der Waals surface area contributed by atoms with Crippen LogP contribution in [-0.2, 0) is 0 Å². The number of hydrogen-bond donors (Lipinski definition) is 2. The van der Waals surface area contributed by atoms with Crippen molar-refractivity contribution in [2.45, 2.75) is 0 Å². The Morgan fingerprint density at radius 3 is 2.86 bits per heavy atom. The summed E-state index contributed by atoms with van der Waals surface area (Å²) in [4.78, 5) is 31.3. The number of pyridine rings is 2. The lowest BCUT2D eigenvalue weighted by atomic mass is 10.2. The van der Waals surface area contributed by atoms with E-state index in [1.807, 2.05) is 0 Å². The van der Waals surface area contributed by atoms with Gasteiger partial charge in [-0.1, -0.05) is 6.07 Å². The van der Waals surface area contributed by atoms with Crippen LogP contribution < -0.4 is 5.56 Å². The number of carbonyl (C=O) groups is 1. The molecule has 3 aromatic heterocycles. The van der Waals surface area contributed by atoms with E-state index >= 15 is 0 Å². The molecule has 0 atom stereocenters. The van der Waals surface area contributed by atoms with Gasteiger partial charge in [-0.25, -0.2) is 14.5 Å². The van der Waals surface area contributed by atoms with Gasteiger partial charge >= 0.3 is 5.97 Å². The summed E-state index contributed by atoms with van der Waals surface area (Å²) in [5.41, 5.74) is 0.847. The Hall–Kier alpha value is -3.22. The molecule has 3 aromatic rings. The van der Waals surface area contributed by atoms with E-state index < -0.39 is 5.97 Å². The number of aromatic carboxylic acids is 1. The van der Waals surface area contributed by atoms with Crippen molar-refractivity contribution in [3.05, 3.63) is 65.0 Å². The fourth-order valence-corrected chi connectivity index (χ4v) is 1.94. The average Bonchev–Trinajstić information content (AvgIpc) is 2.90. The van der Waals surface area contributed by atoms with Crippen LogP contribution in [0.2, 0.25) is 0 Å². The number of carboxylic acid groups (broad SMARTS) is 1. The molecule has 0 saturated carbocycles. The third-order valence-corrected chi connectivity index (χ3v) is 2.97. The highest BCUT2D eigenvalue weighted by molar-refractivity contribution is 5.87. The molecule has 0 spiro atoms. The standard InChI is InChI=1S/C14H10N4O3/c19-13-11(10-2-1-4-15-7-10)8-17-18(13)12-6-9(14(20)21)3-5-16-12/h1-8,17H,(H,20,21). The van der Waals surface area contributed by atoms with Crippen molar-refractivity contribution in [1.82, 2.24) is 19.7 Å². The molecule has 0 unspecified atom stereocenters. The lowest BCUT2D eigenvalue weighted by molar-refractivity contribution is 0.0696. The SMILES string of the molecule is O=C(O)c1ccnc(-n2[nH]cc(-c3cccnc3)c2=O)c1. The molecule has 0 aromatic carbocycles. The van der Waals surface area contributed by atoms with Crippen LogP contribution in [0, 0.1) is 0 Å². The van der Waals surface area contributed by atoms with Gasteiger partial charge in [0.1, 0.15) is 0 Å². The first-order valence-electron chi connectivity index (χ1n) is 6.07. The van der Waals surface area contributed by atoms with E-state index in [1.54, 1.807) is 24.5 Å². The lowest BCUT2D eigenvalue weighted by Crippen LogP contribution is -2.17. The van der Waals surface area contributed by atoms with Gasteiger partial charge in [0.2, 0.25) is 0 Å². The smallest absolute Gasteiger partial charge is 0.335 e. The number of H-pyrrole nitrogens is 1. The van der Waals surface area contributed by atoms with E-state index in [0.717, 1.165) is 0 Å². The summed E-state index contributed by atoms with van der Waals surface area (Å²) in [6.45, 7) is 0. The molecule has 0 amide bonds. The molecule has 7 heteroatoms. The summed E-state index contributed by atoms with van der Waals surface area (Å²) < 4.78 is 1.19. The maximum Gasteiger partial charge on any atom is 0.335 e. The zero-order valence-electron chi connectivity index (χ0n) is 10.7. The molecule has 0 fully saturated rings. The zero-order valence-corrected chi connectivity index (χ0v) is 10.7. The first kappa shape index (κ1) is 12.8. The normalized spacial score (nSPS) is 10.5. The van der Waals surface area contributed by atoms with Gasteiger partial charge in [0, 0.05) is 30.4 Å². The van der Waals surface area contributed by atoms with Crippen LogP contribution in [0.15, 0.2) is 53.8 Å². The van der Waals surface area contributed by atoms with Crippen molar-refractivity contribution < 1.29 is 9.90 Å². The number of carboxylic acids is 1. The highest BCUT2D eigenvalue weighted by Gasteiger charge is 2.12. The highest BCUT2D eigenvalue weighted by atomic mass is 16.4. The molecule has 0 saturated heterocycles. The quantitative estimate of drug-likeness (QED) is 0.754. The van der Waals surface area contributed by atoms with Gasteiger partial charge in [-0.3, -0.25) is 14.9 Å². The second-order valence-electron chi connectivity index (χ2n) is 4.28. The lowest BCUT2D eigenvalue weighted by Gasteiger charge is -2.01. The van der Waals surface area contributed by atoms with Crippen molar-refractivity contribution in [1.29, 1.82) is 0 Å². The second-order valence-corrected chi connectivity index (χ2v) is 4.28. The summed E-state index contributed by atoms with van der Waals surface area (Å²) in [6, 6.07) is 6.19. The van der Waals surface area contributed by atoms with Crippen molar-refractivity contribution in [3.63, 3.8) is 0 Å². The van der Waals surface area contributed by atoms with Gasteiger partial charge in [-0.05, 0) is 18.2 Å². The Morgan fingerprint density at radius 2 is 2.14 bits per heavy atom. The predicted molar refractivity (Wildman–Crippen MR) is 74.4 cm³/mol. The summed E-state index contributed by atoms with van der Waals surface area (Å²) in [5, 5.41) is 11.8. The molecule has 3 heterocycles. The van der Waals surface area contributed by atoms with E-state index in [4.69, 9.17) is 5.11 Å². The molecular formula is C14H10N4O3. The first-order chi connectivity index (χ1) is 10.2. The van der Waals surface area contributed by atoms with Crippen molar-refractivity contribution >= 4 is 5.97 Å². The van der Waals surface area contributed by atoms with E-state index in [2.05, 4.69) is 15.1 Å². The molecule has 104 valence electrons. The maximum atomic E-state index is 12.4. The van der Waals surface area contributed by atoms with Gasteiger partial charge in [0.25, 0.3) is 5.56 Å². The number of nitrogens with one attached hydrogen (secondary N) is 1. The fourth-order valence-electron chi connectivity index (χ4n) is 1.94. The number of aromatic amines is 1. The third-order valence-electron chi connectivity index (χ3n) is 2.97. The number of nitrogens with zero attached hydrogens (tertiary/aromatic N) is 3.